The summed E-state index contributed by atoms with van der Waals surface area (Å²) >= 11 is 0. The number of amides is 3. The third-order valence-corrected chi connectivity index (χ3v) is 5.09. The predicted molar refractivity (Wildman–Crippen MR) is 111 cm³/mol. The van der Waals surface area contributed by atoms with E-state index in [9.17, 15) is 14.4 Å². The zero-order chi connectivity index (χ0) is 20.1. The van der Waals surface area contributed by atoms with Gasteiger partial charge in [-0.15, -0.1) is 0 Å². The van der Waals surface area contributed by atoms with Crippen molar-refractivity contribution in [3.8, 4) is 0 Å². The molecule has 142 valence electrons. The van der Waals surface area contributed by atoms with E-state index in [1.54, 1.807) is 24.5 Å². The molecule has 0 saturated carbocycles. The number of hydrogen-bond acceptors (Lipinski definition) is 3. The van der Waals surface area contributed by atoms with Crippen LogP contribution in [-0.2, 0) is 14.4 Å². The fourth-order valence-corrected chi connectivity index (χ4v) is 3.90. The minimum Gasteiger partial charge on any atom is -0.361 e. The Morgan fingerprint density at radius 1 is 0.828 bits per heavy atom. The first kappa shape index (κ1) is 17.0. The van der Waals surface area contributed by atoms with Crippen molar-refractivity contribution in [2.75, 3.05) is 5.32 Å². The van der Waals surface area contributed by atoms with E-state index in [1.807, 2.05) is 30.3 Å². The molecule has 0 fully saturated rings. The Hall–Kier alpha value is -4.13. The van der Waals surface area contributed by atoms with Crippen LogP contribution >= 0.6 is 0 Å². The van der Waals surface area contributed by atoms with Crippen molar-refractivity contribution in [2.24, 2.45) is 0 Å². The summed E-state index contributed by atoms with van der Waals surface area (Å²) in [5.41, 5.74) is 4.11. The lowest BCUT2D eigenvalue weighted by Crippen LogP contribution is -2.22. The monoisotopic (exact) mass is 384 g/mol. The molecule has 0 aliphatic carbocycles. The van der Waals surface area contributed by atoms with E-state index in [0.29, 0.717) is 33.5 Å². The molecule has 0 saturated heterocycles. The molecule has 0 atom stereocenters. The Morgan fingerprint density at radius 3 is 2.24 bits per heavy atom. The molecule has 7 heteroatoms. The van der Waals surface area contributed by atoms with Crippen molar-refractivity contribution < 1.29 is 14.4 Å². The van der Waals surface area contributed by atoms with Crippen LogP contribution in [0.4, 0.5) is 5.69 Å². The lowest BCUT2D eigenvalue weighted by atomic mass is 9.95. The number of H-pyrrole nitrogens is 2. The summed E-state index contributed by atoms with van der Waals surface area (Å²) in [6, 6.07) is 13.0. The quantitative estimate of drug-likeness (QED) is 0.408. The largest absolute Gasteiger partial charge is 0.361 e. The van der Waals surface area contributed by atoms with Gasteiger partial charge < -0.3 is 15.3 Å². The molecular formula is C22H16N4O3. The van der Waals surface area contributed by atoms with Crippen molar-refractivity contribution in [3.05, 3.63) is 66.0 Å². The van der Waals surface area contributed by atoms with Gasteiger partial charge >= 0.3 is 0 Å². The summed E-state index contributed by atoms with van der Waals surface area (Å²) < 4.78 is 0. The number of carbonyl (C=O) groups excluding carboxylic acids is 3. The average molecular weight is 384 g/mol. The number of benzene rings is 2. The van der Waals surface area contributed by atoms with Crippen LogP contribution in [0.5, 0.6) is 0 Å². The van der Waals surface area contributed by atoms with Gasteiger partial charge in [0, 0.05) is 46.7 Å². The fourth-order valence-electron chi connectivity index (χ4n) is 3.90. The molecule has 2 aromatic heterocycles. The normalized spacial score (nSPS) is 14.1. The smallest absolute Gasteiger partial charge is 0.259 e. The average Bonchev–Trinajstić information content (AvgIpc) is 3.36. The number of aromatic amines is 2. The number of nitrogens with one attached hydrogen (secondary N) is 4. The molecule has 3 amide bonds. The lowest BCUT2D eigenvalue weighted by molar-refractivity contribution is -0.123. The summed E-state index contributed by atoms with van der Waals surface area (Å²) in [7, 11) is 0. The van der Waals surface area contributed by atoms with Crippen LogP contribution in [0.25, 0.3) is 33.0 Å². The third-order valence-electron chi connectivity index (χ3n) is 5.09. The van der Waals surface area contributed by atoms with Crippen LogP contribution in [-0.4, -0.2) is 27.7 Å². The Bertz CT molecular complexity index is 1370. The Labute approximate surface area is 164 Å². The third kappa shape index (κ3) is 2.55. The second-order valence-corrected chi connectivity index (χ2v) is 6.89. The highest BCUT2D eigenvalue weighted by Crippen LogP contribution is 2.38. The first-order valence-corrected chi connectivity index (χ1v) is 9.09. The van der Waals surface area contributed by atoms with Gasteiger partial charge in [0.15, 0.2) is 0 Å². The molecule has 0 unspecified atom stereocenters. The van der Waals surface area contributed by atoms with Crippen molar-refractivity contribution >= 4 is 56.4 Å². The molecule has 7 nitrogen and oxygen atoms in total. The van der Waals surface area contributed by atoms with Gasteiger partial charge in [-0.1, -0.05) is 30.3 Å². The van der Waals surface area contributed by atoms with E-state index in [4.69, 9.17) is 0 Å². The number of aromatic nitrogens is 2. The van der Waals surface area contributed by atoms with Crippen molar-refractivity contribution in [2.45, 2.75) is 6.92 Å². The number of para-hydroxylation sites is 2. The number of imide groups is 1. The highest BCUT2D eigenvalue weighted by Gasteiger charge is 2.34. The summed E-state index contributed by atoms with van der Waals surface area (Å²) in [4.78, 5) is 43.2. The minimum absolute atomic E-state index is 0.193. The van der Waals surface area contributed by atoms with Gasteiger partial charge in [-0.25, -0.2) is 0 Å². The number of rotatable bonds is 3. The first-order chi connectivity index (χ1) is 14.0. The Morgan fingerprint density at radius 2 is 1.48 bits per heavy atom. The predicted octanol–water partition coefficient (Wildman–Crippen LogP) is 3.17. The van der Waals surface area contributed by atoms with Crippen LogP contribution in [0.1, 0.15) is 18.1 Å². The zero-order valence-corrected chi connectivity index (χ0v) is 15.4. The molecule has 1 aliphatic heterocycles. The zero-order valence-electron chi connectivity index (χ0n) is 15.4. The minimum atomic E-state index is -0.443. The molecule has 0 radical (unpaired) electrons. The van der Waals surface area contributed by atoms with E-state index < -0.39 is 11.8 Å². The Balaban J connectivity index is 1.78. The van der Waals surface area contributed by atoms with E-state index >= 15 is 0 Å². The van der Waals surface area contributed by atoms with Crippen LogP contribution in [0, 0.1) is 0 Å². The summed E-state index contributed by atoms with van der Waals surface area (Å²) in [5, 5.41) is 6.80. The molecule has 0 bridgehead atoms. The molecule has 1 aliphatic rings. The van der Waals surface area contributed by atoms with Gasteiger partial charge in [-0.05, 0) is 12.1 Å². The molecule has 3 heterocycles. The van der Waals surface area contributed by atoms with E-state index in [2.05, 4.69) is 20.6 Å². The molecule has 29 heavy (non-hydrogen) atoms. The van der Waals surface area contributed by atoms with Gasteiger partial charge in [0.05, 0.1) is 22.4 Å². The van der Waals surface area contributed by atoms with Crippen LogP contribution in [0.3, 0.4) is 0 Å². The van der Waals surface area contributed by atoms with Gasteiger partial charge in [0.25, 0.3) is 11.8 Å². The van der Waals surface area contributed by atoms with Crippen LogP contribution in [0.2, 0.25) is 0 Å². The molecule has 0 spiro atoms. The highest BCUT2D eigenvalue weighted by molar-refractivity contribution is 6.50. The lowest BCUT2D eigenvalue weighted by Gasteiger charge is -2.05. The van der Waals surface area contributed by atoms with Gasteiger partial charge in [0.1, 0.15) is 0 Å². The molecule has 4 aromatic rings. The number of carbonyl (C=O) groups is 3. The maximum Gasteiger partial charge on any atom is 0.259 e. The maximum atomic E-state index is 12.7. The van der Waals surface area contributed by atoms with Crippen LogP contribution < -0.4 is 10.6 Å². The summed E-state index contributed by atoms with van der Waals surface area (Å²) in [5.74, 6) is -1.07. The molecular weight excluding hydrogens is 368 g/mol. The standard InChI is InChI=1S/C22H16N4O3/c1-11(27)25-17-8-4-6-13-15(10-24-20(13)17)19-18(21(28)26-22(19)29)14-9-23-16-7-3-2-5-12(14)16/h2-10,23-24H,1H3,(H,25,27)(H,26,28,29). The fraction of sp³-hybridized carbons (Fsp3) is 0.0455. The number of fused-ring (bicyclic) bond motifs is 2. The first-order valence-electron chi connectivity index (χ1n) is 9.09. The van der Waals surface area contributed by atoms with Gasteiger partial charge in [0.2, 0.25) is 5.91 Å². The molecule has 2 aromatic carbocycles. The van der Waals surface area contributed by atoms with Crippen LogP contribution in [0.15, 0.2) is 54.9 Å². The van der Waals surface area contributed by atoms with Crippen molar-refractivity contribution in [1.82, 2.24) is 15.3 Å². The molecule has 5 rings (SSSR count). The molecule has 4 N–H and O–H groups in total. The second-order valence-electron chi connectivity index (χ2n) is 6.89. The highest BCUT2D eigenvalue weighted by atomic mass is 16.2. The SMILES string of the molecule is CC(=O)Nc1cccc2c(C3=C(c4c[nH]c5ccccc45)C(=O)NC3=O)c[nH]c12. The van der Waals surface area contributed by atoms with Gasteiger partial charge in [-0.2, -0.15) is 0 Å². The van der Waals surface area contributed by atoms with E-state index in [0.717, 1.165) is 16.3 Å². The van der Waals surface area contributed by atoms with E-state index in [-0.39, 0.29) is 5.91 Å². The van der Waals surface area contributed by atoms with Crippen molar-refractivity contribution in [3.63, 3.8) is 0 Å². The Kier molecular flexibility index (Phi) is 3.64. The second kappa shape index (κ2) is 6.20. The summed E-state index contributed by atoms with van der Waals surface area (Å²) in [6.07, 6.45) is 3.44. The number of anilines is 1. The topological polar surface area (TPSA) is 107 Å². The van der Waals surface area contributed by atoms with E-state index in [1.165, 1.54) is 6.92 Å². The summed E-state index contributed by atoms with van der Waals surface area (Å²) in [6.45, 7) is 1.43. The number of hydrogen-bond donors (Lipinski definition) is 4. The van der Waals surface area contributed by atoms with Gasteiger partial charge in [-0.3, -0.25) is 19.7 Å². The maximum absolute atomic E-state index is 12.7. The van der Waals surface area contributed by atoms with Crippen molar-refractivity contribution in [1.29, 1.82) is 0 Å².